The molecule has 1 aromatic carbocycles. The molecule has 0 saturated heterocycles. The van der Waals surface area contributed by atoms with Crippen LogP contribution in [0.15, 0.2) is 16.6 Å². The molecule has 4 heteroatoms. The molecule has 0 amide bonds. The van der Waals surface area contributed by atoms with Crippen molar-refractivity contribution in [2.24, 2.45) is 11.1 Å². The third kappa shape index (κ3) is 2.98. The van der Waals surface area contributed by atoms with E-state index in [1.165, 1.54) is 0 Å². The highest BCUT2D eigenvalue weighted by Crippen LogP contribution is 2.42. The van der Waals surface area contributed by atoms with Crippen LogP contribution in [0.2, 0.25) is 0 Å². The average molecular weight is 316 g/mol. The van der Waals surface area contributed by atoms with Crippen molar-refractivity contribution in [2.75, 3.05) is 14.2 Å². The van der Waals surface area contributed by atoms with Gasteiger partial charge in [0.1, 0.15) is 11.5 Å². The highest BCUT2D eigenvalue weighted by atomic mass is 79.9. The predicted octanol–water partition coefficient (Wildman–Crippen LogP) is 3.90. The van der Waals surface area contributed by atoms with E-state index >= 15 is 0 Å². The number of benzene rings is 1. The average Bonchev–Trinajstić information content (AvgIpc) is 2.37. The Balaban J connectivity index is 3.29. The minimum absolute atomic E-state index is 0.00607. The number of hydrogen-bond acceptors (Lipinski definition) is 3. The van der Waals surface area contributed by atoms with Crippen LogP contribution < -0.4 is 15.2 Å². The SMILES string of the molecule is CCC(C)(C)C(N)c1cc(OC)c(Br)cc1OC. The van der Waals surface area contributed by atoms with E-state index in [4.69, 9.17) is 15.2 Å². The van der Waals surface area contributed by atoms with E-state index in [9.17, 15) is 0 Å². The summed E-state index contributed by atoms with van der Waals surface area (Å²) in [5.41, 5.74) is 7.36. The first-order valence-corrected chi connectivity index (χ1v) is 6.83. The van der Waals surface area contributed by atoms with Gasteiger partial charge in [-0.15, -0.1) is 0 Å². The van der Waals surface area contributed by atoms with Gasteiger partial charge in [-0.05, 0) is 39.9 Å². The maximum atomic E-state index is 6.38. The van der Waals surface area contributed by atoms with Crippen LogP contribution in [0.5, 0.6) is 11.5 Å². The Morgan fingerprint density at radius 1 is 1.22 bits per heavy atom. The molecule has 0 aliphatic carbocycles. The van der Waals surface area contributed by atoms with Gasteiger partial charge in [0.05, 0.1) is 18.7 Å². The zero-order chi connectivity index (χ0) is 13.9. The molecule has 102 valence electrons. The van der Waals surface area contributed by atoms with E-state index in [1.54, 1.807) is 14.2 Å². The summed E-state index contributed by atoms with van der Waals surface area (Å²) in [4.78, 5) is 0. The zero-order valence-electron chi connectivity index (χ0n) is 11.7. The summed E-state index contributed by atoms with van der Waals surface area (Å²) < 4.78 is 11.6. The summed E-state index contributed by atoms with van der Waals surface area (Å²) in [7, 11) is 3.30. The van der Waals surface area contributed by atoms with Gasteiger partial charge in [0.15, 0.2) is 0 Å². The van der Waals surface area contributed by atoms with Crippen molar-refractivity contribution >= 4 is 15.9 Å². The van der Waals surface area contributed by atoms with Crippen molar-refractivity contribution in [1.29, 1.82) is 0 Å². The van der Waals surface area contributed by atoms with Gasteiger partial charge in [0.2, 0.25) is 0 Å². The Morgan fingerprint density at radius 3 is 2.22 bits per heavy atom. The number of rotatable bonds is 5. The van der Waals surface area contributed by atoms with E-state index in [2.05, 4.69) is 36.7 Å². The molecule has 0 aliphatic heterocycles. The first-order chi connectivity index (χ1) is 8.37. The third-order valence-corrected chi connectivity index (χ3v) is 4.21. The topological polar surface area (TPSA) is 44.5 Å². The molecule has 18 heavy (non-hydrogen) atoms. The molecule has 1 rings (SSSR count). The van der Waals surface area contributed by atoms with Crippen LogP contribution in [-0.2, 0) is 0 Å². The van der Waals surface area contributed by atoms with Crippen LogP contribution >= 0.6 is 15.9 Å². The monoisotopic (exact) mass is 315 g/mol. The lowest BCUT2D eigenvalue weighted by Crippen LogP contribution is -2.29. The summed E-state index contributed by atoms with van der Waals surface area (Å²) in [6.45, 7) is 6.46. The van der Waals surface area contributed by atoms with Gasteiger partial charge in [0.25, 0.3) is 0 Å². The van der Waals surface area contributed by atoms with Crippen LogP contribution in [0, 0.1) is 5.41 Å². The van der Waals surface area contributed by atoms with Crippen molar-refractivity contribution in [3.8, 4) is 11.5 Å². The summed E-state index contributed by atoms with van der Waals surface area (Å²) in [5, 5.41) is 0. The third-order valence-electron chi connectivity index (χ3n) is 3.59. The van der Waals surface area contributed by atoms with Crippen LogP contribution in [0.4, 0.5) is 0 Å². The molecular weight excluding hydrogens is 294 g/mol. The van der Waals surface area contributed by atoms with Gasteiger partial charge in [0, 0.05) is 11.6 Å². The second kappa shape index (κ2) is 5.93. The lowest BCUT2D eigenvalue weighted by atomic mass is 9.78. The summed E-state index contributed by atoms with van der Waals surface area (Å²) in [5.74, 6) is 1.56. The summed E-state index contributed by atoms with van der Waals surface area (Å²) in [6, 6.07) is 3.75. The minimum atomic E-state index is -0.0977. The van der Waals surface area contributed by atoms with Crippen LogP contribution in [0.25, 0.3) is 0 Å². The second-order valence-electron chi connectivity index (χ2n) is 5.05. The number of nitrogens with two attached hydrogens (primary N) is 1. The normalized spacial score (nSPS) is 13.3. The van der Waals surface area contributed by atoms with Crippen LogP contribution in [0.3, 0.4) is 0 Å². The van der Waals surface area contributed by atoms with E-state index < -0.39 is 0 Å². The van der Waals surface area contributed by atoms with Crippen LogP contribution in [0.1, 0.15) is 38.8 Å². The fraction of sp³-hybridized carbons (Fsp3) is 0.571. The number of hydrogen-bond donors (Lipinski definition) is 1. The second-order valence-corrected chi connectivity index (χ2v) is 5.90. The largest absolute Gasteiger partial charge is 0.496 e. The molecule has 0 radical (unpaired) electrons. The Labute approximate surface area is 118 Å². The molecule has 0 saturated carbocycles. The summed E-state index contributed by atoms with van der Waals surface area (Å²) >= 11 is 3.45. The van der Waals surface area contributed by atoms with E-state index in [-0.39, 0.29) is 11.5 Å². The molecule has 1 atom stereocenters. The van der Waals surface area contributed by atoms with E-state index in [0.29, 0.717) is 0 Å². The first-order valence-electron chi connectivity index (χ1n) is 6.04. The Kier molecular flexibility index (Phi) is 5.05. The molecule has 1 unspecified atom stereocenters. The van der Waals surface area contributed by atoms with Gasteiger partial charge in [-0.3, -0.25) is 0 Å². The lowest BCUT2D eigenvalue weighted by Gasteiger charge is -2.32. The molecule has 0 aromatic heterocycles. The predicted molar refractivity (Wildman–Crippen MR) is 78.2 cm³/mol. The standard InChI is InChI=1S/C14H22BrNO2/c1-6-14(2,3)13(16)9-7-12(18-5)10(15)8-11(9)17-4/h7-8,13H,6,16H2,1-5H3. The van der Waals surface area contributed by atoms with Gasteiger partial charge in [-0.1, -0.05) is 20.8 Å². The Hall–Kier alpha value is -0.740. The number of halogens is 1. The van der Waals surface area contributed by atoms with Crippen molar-refractivity contribution in [3.05, 3.63) is 22.2 Å². The van der Waals surface area contributed by atoms with Gasteiger partial charge >= 0.3 is 0 Å². The van der Waals surface area contributed by atoms with Crippen molar-refractivity contribution in [3.63, 3.8) is 0 Å². The van der Waals surface area contributed by atoms with Gasteiger partial charge < -0.3 is 15.2 Å². The molecule has 0 spiro atoms. The maximum absolute atomic E-state index is 6.38. The molecule has 0 bridgehead atoms. The lowest BCUT2D eigenvalue weighted by molar-refractivity contribution is 0.270. The molecule has 2 N–H and O–H groups in total. The number of methoxy groups -OCH3 is 2. The van der Waals surface area contributed by atoms with Crippen molar-refractivity contribution in [1.82, 2.24) is 0 Å². The van der Waals surface area contributed by atoms with E-state index in [0.717, 1.165) is 28.0 Å². The van der Waals surface area contributed by atoms with Crippen molar-refractivity contribution in [2.45, 2.75) is 33.2 Å². The Bertz CT molecular complexity index is 419. The van der Waals surface area contributed by atoms with Crippen LogP contribution in [-0.4, -0.2) is 14.2 Å². The molecule has 1 aromatic rings. The minimum Gasteiger partial charge on any atom is -0.496 e. The molecule has 0 aliphatic rings. The fourth-order valence-electron chi connectivity index (χ4n) is 1.77. The first kappa shape index (κ1) is 15.3. The highest BCUT2D eigenvalue weighted by Gasteiger charge is 2.29. The highest BCUT2D eigenvalue weighted by molar-refractivity contribution is 9.10. The van der Waals surface area contributed by atoms with Gasteiger partial charge in [-0.25, -0.2) is 0 Å². The summed E-state index contributed by atoms with van der Waals surface area (Å²) in [6.07, 6.45) is 0.996. The fourth-order valence-corrected chi connectivity index (χ4v) is 2.25. The number of ether oxygens (including phenoxy) is 2. The molecular formula is C14H22BrNO2. The quantitative estimate of drug-likeness (QED) is 0.896. The zero-order valence-corrected chi connectivity index (χ0v) is 13.3. The molecule has 0 heterocycles. The van der Waals surface area contributed by atoms with Gasteiger partial charge in [-0.2, -0.15) is 0 Å². The smallest absolute Gasteiger partial charge is 0.133 e. The maximum Gasteiger partial charge on any atom is 0.133 e. The van der Waals surface area contributed by atoms with E-state index in [1.807, 2.05) is 12.1 Å². The molecule has 0 fully saturated rings. The van der Waals surface area contributed by atoms with Crippen molar-refractivity contribution < 1.29 is 9.47 Å². The molecule has 3 nitrogen and oxygen atoms in total. The Morgan fingerprint density at radius 2 is 1.78 bits per heavy atom.